The molecule has 1 fully saturated rings. The summed E-state index contributed by atoms with van der Waals surface area (Å²) in [6.07, 6.45) is -0.733. The van der Waals surface area contributed by atoms with E-state index in [0.29, 0.717) is 22.3 Å². The van der Waals surface area contributed by atoms with Crippen molar-refractivity contribution in [2.45, 2.75) is 19.0 Å². The average Bonchev–Trinajstić information content (AvgIpc) is 3.37. The number of fused-ring (bicyclic) bond motifs is 1. The molecule has 7 nitrogen and oxygen atoms in total. The molecule has 0 radical (unpaired) electrons. The number of nitrogens with zero attached hydrogens (tertiary/aromatic N) is 3. The summed E-state index contributed by atoms with van der Waals surface area (Å²) in [6.45, 7) is 0.351. The maximum Gasteiger partial charge on any atom is 0.405 e. The fraction of sp³-hybridized carbons (Fsp3) is 0.316. The lowest BCUT2D eigenvalue weighted by atomic mass is 10.2. The monoisotopic (exact) mass is 404 g/mol. The van der Waals surface area contributed by atoms with E-state index >= 15 is 0 Å². The Morgan fingerprint density at radius 3 is 2.52 bits per heavy atom. The number of carbonyl (C=O) groups excluding carboxylic acids is 1. The Morgan fingerprint density at radius 1 is 1.10 bits per heavy atom. The number of aromatic nitrogens is 3. The van der Waals surface area contributed by atoms with Crippen LogP contribution in [0, 0.1) is 0 Å². The standard InChI is InChI=1S/C19H19F3N6O/c20-19(21,22)11-24-16-14-7-8-23-15(14)26-18(27-16)25-13-5-3-12(4-6-13)17(29)28-9-1-2-10-28/h3-8H,1-2,9-11H2,(H3,23,24,25,26,27). The third-order valence-corrected chi connectivity index (χ3v) is 4.65. The predicted molar refractivity (Wildman–Crippen MR) is 103 cm³/mol. The maximum absolute atomic E-state index is 12.6. The van der Waals surface area contributed by atoms with E-state index in [1.54, 1.807) is 36.5 Å². The maximum atomic E-state index is 12.6. The van der Waals surface area contributed by atoms with Gasteiger partial charge in [0, 0.05) is 30.5 Å². The van der Waals surface area contributed by atoms with Gasteiger partial charge in [0.05, 0.1) is 5.39 Å². The fourth-order valence-corrected chi connectivity index (χ4v) is 3.24. The average molecular weight is 404 g/mol. The Labute approximate surface area is 164 Å². The zero-order valence-electron chi connectivity index (χ0n) is 15.4. The smallest absolute Gasteiger partial charge is 0.360 e. The van der Waals surface area contributed by atoms with Gasteiger partial charge < -0.3 is 20.5 Å². The largest absolute Gasteiger partial charge is 0.405 e. The molecule has 10 heteroatoms. The normalized spacial score (nSPS) is 14.4. The lowest BCUT2D eigenvalue weighted by Crippen LogP contribution is -2.27. The van der Waals surface area contributed by atoms with Crippen LogP contribution in [0.3, 0.4) is 0 Å². The SMILES string of the molecule is O=C(c1ccc(Nc2nc(NCC(F)(F)F)c3cc[nH]c3n2)cc1)N1CCCC1. The van der Waals surface area contributed by atoms with Crippen LogP contribution in [0.2, 0.25) is 0 Å². The van der Waals surface area contributed by atoms with Crippen molar-refractivity contribution in [1.29, 1.82) is 0 Å². The molecular weight excluding hydrogens is 385 g/mol. The Morgan fingerprint density at radius 2 is 1.83 bits per heavy atom. The summed E-state index contributed by atoms with van der Waals surface area (Å²) in [5, 5.41) is 5.74. The minimum Gasteiger partial charge on any atom is -0.360 e. The van der Waals surface area contributed by atoms with Crippen LogP contribution in [-0.4, -0.2) is 51.6 Å². The van der Waals surface area contributed by atoms with Gasteiger partial charge in [-0.2, -0.15) is 23.1 Å². The van der Waals surface area contributed by atoms with Gasteiger partial charge in [0.1, 0.15) is 18.0 Å². The highest BCUT2D eigenvalue weighted by Crippen LogP contribution is 2.25. The van der Waals surface area contributed by atoms with Gasteiger partial charge in [0.2, 0.25) is 5.95 Å². The minimum absolute atomic E-state index is 0.00302. The first kappa shape index (κ1) is 19.0. The Kier molecular flexibility index (Phi) is 4.99. The quantitative estimate of drug-likeness (QED) is 0.600. The number of hydrogen-bond donors (Lipinski definition) is 3. The van der Waals surface area contributed by atoms with Crippen molar-refractivity contribution in [3.8, 4) is 0 Å². The highest BCUT2D eigenvalue weighted by molar-refractivity contribution is 5.94. The van der Waals surface area contributed by atoms with Gasteiger partial charge in [-0.25, -0.2) is 0 Å². The van der Waals surface area contributed by atoms with Gasteiger partial charge in [-0.15, -0.1) is 0 Å². The molecule has 1 aliphatic rings. The molecule has 4 rings (SSSR count). The molecule has 1 amide bonds. The van der Waals surface area contributed by atoms with Gasteiger partial charge in [-0.3, -0.25) is 4.79 Å². The van der Waals surface area contributed by atoms with E-state index in [9.17, 15) is 18.0 Å². The summed E-state index contributed by atoms with van der Waals surface area (Å²) in [5.74, 6) is 0.219. The third kappa shape index (κ3) is 4.41. The highest BCUT2D eigenvalue weighted by atomic mass is 19.4. The van der Waals surface area contributed by atoms with Gasteiger partial charge in [0.15, 0.2) is 0 Å². The van der Waals surface area contributed by atoms with Crippen LogP contribution in [0.15, 0.2) is 36.5 Å². The number of hydrogen-bond acceptors (Lipinski definition) is 5. The van der Waals surface area contributed by atoms with Crippen LogP contribution in [0.5, 0.6) is 0 Å². The van der Waals surface area contributed by atoms with Crippen LogP contribution in [0.25, 0.3) is 11.0 Å². The number of likely N-dealkylation sites (tertiary alicyclic amines) is 1. The van der Waals surface area contributed by atoms with Crippen LogP contribution >= 0.6 is 0 Å². The van der Waals surface area contributed by atoms with E-state index < -0.39 is 12.7 Å². The second-order valence-electron chi connectivity index (χ2n) is 6.81. The van der Waals surface area contributed by atoms with Crippen molar-refractivity contribution in [3.05, 3.63) is 42.1 Å². The van der Waals surface area contributed by atoms with E-state index in [4.69, 9.17) is 0 Å². The molecule has 0 saturated carbocycles. The Balaban J connectivity index is 1.52. The van der Waals surface area contributed by atoms with Crippen LogP contribution in [0.4, 0.5) is 30.6 Å². The van der Waals surface area contributed by atoms with E-state index in [1.165, 1.54) is 0 Å². The van der Waals surface area contributed by atoms with E-state index in [0.717, 1.165) is 25.9 Å². The molecule has 1 saturated heterocycles. The van der Waals surface area contributed by atoms with E-state index in [1.807, 2.05) is 4.90 Å². The molecule has 29 heavy (non-hydrogen) atoms. The van der Waals surface area contributed by atoms with Crippen molar-refractivity contribution >= 4 is 34.4 Å². The van der Waals surface area contributed by atoms with Crippen molar-refractivity contribution in [1.82, 2.24) is 19.9 Å². The molecule has 3 heterocycles. The summed E-state index contributed by atoms with van der Waals surface area (Å²) in [5.41, 5.74) is 1.62. The molecule has 0 aliphatic carbocycles. The summed E-state index contributed by atoms with van der Waals surface area (Å²) < 4.78 is 37.7. The van der Waals surface area contributed by atoms with Crippen molar-refractivity contribution in [3.63, 3.8) is 0 Å². The predicted octanol–water partition coefficient (Wildman–Crippen LogP) is 3.91. The van der Waals surface area contributed by atoms with Gasteiger partial charge in [0.25, 0.3) is 5.91 Å². The summed E-state index contributed by atoms with van der Waals surface area (Å²) in [7, 11) is 0. The molecule has 3 N–H and O–H groups in total. The van der Waals surface area contributed by atoms with E-state index in [-0.39, 0.29) is 17.7 Å². The summed E-state index contributed by atoms with van der Waals surface area (Å²) in [6, 6.07) is 8.46. The number of rotatable bonds is 5. The third-order valence-electron chi connectivity index (χ3n) is 4.65. The topological polar surface area (TPSA) is 85.9 Å². The minimum atomic E-state index is -4.36. The molecule has 3 aromatic rings. The number of alkyl halides is 3. The first-order valence-electron chi connectivity index (χ1n) is 9.21. The number of amides is 1. The molecule has 1 aromatic carbocycles. The fourth-order valence-electron chi connectivity index (χ4n) is 3.24. The number of benzene rings is 1. The molecule has 0 atom stereocenters. The number of aromatic amines is 1. The molecule has 0 bridgehead atoms. The van der Waals surface area contributed by atoms with Gasteiger partial charge >= 0.3 is 6.18 Å². The van der Waals surface area contributed by atoms with Crippen molar-refractivity contribution in [2.24, 2.45) is 0 Å². The molecule has 1 aliphatic heterocycles. The number of carbonyl (C=O) groups is 1. The van der Waals surface area contributed by atoms with Crippen molar-refractivity contribution in [2.75, 3.05) is 30.3 Å². The molecule has 2 aromatic heterocycles. The van der Waals surface area contributed by atoms with Crippen LogP contribution in [0.1, 0.15) is 23.2 Å². The Bertz CT molecular complexity index is 1010. The molecule has 152 valence electrons. The number of H-pyrrole nitrogens is 1. The van der Waals surface area contributed by atoms with Crippen LogP contribution < -0.4 is 10.6 Å². The highest BCUT2D eigenvalue weighted by Gasteiger charge is 2.27. The first-order chi connectivity index (χ1) is 13.9. The number of anilines is 3. The van der Waals surface area contributed by atoms with E-state index in [2.05, 4.69) is 25.6 Å². The van der Waals surface area contributed by atoms with Gasteiger partial charge in [-0.1, -0.05) is 0 Å². The second-order valence-corrected chi connectivity index (χ2v) is 6.81. The zero-order valence-corrected chi connectivity index (χ0v) is 15.4. The van der Waals surface area contributed by atoms with Gasteiger partial charge in [-0.05, 0) is 43.2 Å². The lowest BCUT2D eigenvalue weighted by molar-refractivity contribution is -0.115. The summed E-state index contributed by atoms with van der Waals surface area (Å²) >= 11 is 0. The number of halogens is 3. The van der Waals surface area contributed by atoms with Crippen molar-refractivity contribution < 1.29 is 18.0 Å². The molecule has 0 spiro atoms. The molecule has 0 unspecified atom stereocenters. The first-order valence-corrected chi connectivity index (χ1v) is 9.21. The number of nitrogens with one attached hydrogen (secondary N) is 3. The zero-order chi connectivity index (χ0) is 20.4. The van der Waals surface area contributed by atoms with Crippen LogP contribution in [-0.2, 0) is 0 Å². The summed E-state index contributed by atoms with van der Waals surface area (Å²) in [4.78, 5) is 25.6. The Hall–Kier alpha value is -3.30. The lowest BCUT2D eigenvalue weighted by Gasteiger charge is -2.15. The second kappa shape index (κ2) is 7.61. The molecular formula is C19H19F3N6O.